The smallest absolute Gasteiger partial charge is 0.414 e. The number of piperidine rings is 1. The molecule has 0 aromatic heterocycles. The van der Waals surface area contributed by atoms with Crippen LogP contribution >= 0.6 is 22.6 Å². The summed E-state index contributed by atoms with van der Waals surface area (Å²) in [7, 11) is 0. The number of hydrogen-bond acceptors (Lipinski definition) is 6. The number of aliphatic carboxylic acids is 2. The van der Waals surface area contributed by atoms with E-state index in [-0.39, 0.29) is 12.6 Å². The van der Waals surface area contributed by atoms with Crippen molar-refractivity contribution in [2.45, 2.75) is 38.5 Å². The van der Waals surface area contributed by atoms with Gasteiger partial charge in [0.15, 0.2) is 11.5 Å². The normalized spacial score (nSPS) is 18.8. The number of rotatable bonds is 8. The fraction of sp³-hybridized carbons (Fsp3) is 0.462. The molecule has 2 aromatic rings. The second kappa shape index (κ2) is 13.6. The monoisotopic (exact) mass is 615 g/mol. The highest BCUT2D eigenvalue weighted by Crippen LogP contribution is 2.40. The van der Waals surface area contributed by atoms with E-state index in [2.05, 4.69) is 34.4 Å². The Labute approximate surface area is 223 Å². The van der Waals surface area contributed by atoms with Gasteiger partial charge in [-0.05, 0) is 72.1 Å². The van der Waals surface area contributed by atoms with Gasteiger partial charge in [0, 0.05) is 24.6 Å². The summed E-state index contributed by atoms with van der Waals surface area (Å²) in [5, 5.41) is 14.8. The number of carboxylic acid groups (broad SMARTS) is 2. The van der Waals surface area contributed by atoms with Crippen molar-refractivity contribution < 1.29 is 38.4 Å². The first-order valence-corrected chi connectivity index (χ1v) is 13.0. The highest BCUT2D eigenvalue weighted by Gasteiger charge is 2.31. The van der Waals surface area contributed by atoms with Crippen LogP contribution in [0.1, 0.15) is 44.1 Å². The number of halogens is 2. The molecule has 1 saturated heterocycles. The number of unbranched alkanes of at least 4 members (excludes halogenated alkanes) is 2. The maximum absolute atomic E-state index is 13.5. The van der Waals surface area contributed by atoms with Gasteiger partial charge < -0.3 is 29.3 Å². The molecule has 0 aliphatic carbocycles. The van der Waals surface area contributed by atoms with E-state index in [1.165, 1.54) is 24.8 Å². The SMILES string of the molecule is CCCCCN1CC[C@H](c2ccc(F)cc2)[C@@H](COc2cc3c(cc2I)OCO3)C1.O=C(O)C(=O)O. The zero-order chi connectivity index (χ0) is 26.1. The standard InChI is InChI=1S/C24H29FINO3.C2H2O4/c1-2-3-4-10-27-11-9-20(17-5-7-19(25)8-6-17)18(14-27)15-28-22-13-24-23(12-21(22)26)29-16-30-24;3-1(4)2(5)6/h5-8,12-13,18,20H,2-4,9-11,14-16H2,1H3;(H,3,4)(H,5,6)/t18-,20-;/m1./s1. The molecule has 0 unspecified atom stereocenters. The van der Waals surface area contributed by atoms with Crippen molar-refractivity contribution in [2.75, 3.05) is 33.0 Å². The molecular weight excluding hydrogens is 584 g/mol. The summed E-state index contributed by atoms with van der Waals surface area (Å²) in [6.45, 7) is 6.36. The number of carbonyl (C=O) groups is 2. The third-order valence-corrected chi connectivity index (χ3v) is 7.10. The molecule has 2 atom stereocenters. The van der Waals surface area contributed by atoms with E-state index < -0.39 is 11.9 Å². The quantitative estimate of drug-likeness (QED) is 0.243. The molecule has 10 heteroatoms. The van der Waals surface area contributed by atoms with Gasteiger partial charge in [-0.2, -0.15) is 0 Å². The average Bonchev–Trinajstić information content (AvgIpc) is 3.31. The van der Waals surface area contributed by atoms with Crippen LogP contribution in [0.3, 0.4) is 0 Å². The molecule has 36 heavy (non-hydrogen) atoms. The molecule has 2 heterocycles. The van der Waals surface area contributed by atoms with Gasteiger partial charge in [-0.25, -0.2) is 14.0 Å². The Kier molecular flexibility index (Phi) is 10.6. The molecular formula is C26H31FINO7. The highest BCUT2D eigenvalue weighted by atomic mass is 127. The lowest BCUT2D eigenvalue weighted by molar-refractivity contribution is -0.159. The zero-order valence-electron chi connectivity index (χ0n) is 20.1. The lowest BCUT2D eigenvalue weighted by atomic mass is 9.80. The van der Waals surface area contributed by atoms with Crippen molar-refractivity contribution in [3.05, 3.63) is 51.3 Å². The molecule has 0 spiro atoms. The van der Waals surface area contributed by atoms with Gasteiger partial charge in [-0.3, -0.25) is 0 Å². The molecule has 4 rings (SSSR count). The molecule has 1 fully saturated rings. The predicted octanol–water partition coefficient (Wildman–Crippen LogP) is 4.99. The third kappa shape index (κ3) is 7.95. The first kappa shape index (κ1) is 28.0. The van der Waals surface area contributed by atoms with Crippen molar-refractivity contribution >= 4 is 34.5 Å². The van der Waals surface area contributed by atoms with Gasteiger partial charge in [0.05, 0.1) is 10.2 Å². The van der Waals surface area contributed by atoms with Crippen LogP contribution < -0.4 is 14.2 Å². The zero-order valence-corrected chi connectivity index (χ0v) is 22.3. The van der Waals surface area contributed by atoms with Crippen molar-refractivity contribution in [3.8, 4) is 17.2 Å². The van der Waals surface area contributed by atoms with Gasteiger partial charge in [0.1, 0.15) is 11.6 Å². The molecule has 8 nitrogen and oxygen atoms in total. The Balaban J connectivity index is 0.000000538. The van der Waals surface area contributed by atoms with E-state index in [4.69, 9.17) is 34.0 Å². The minimum atomic E-state index is -1.82. The molecule has 2 aromatic carbocycles. The second-order valence-electron chi connectivity index (χ2n) is 8.77. The molecule has 2 N–H and O–H groups in total. The highest BCUT2D eigenvalue weighted by molar-refractivity contribution is 14.1. The summed E-state index contributed by atoms with van der Waals surface area (Å²) < 4.78 is 31.7. The van der Waals surface area contributed by atoms with Crippen LogP contribution in [-0.4, -0.2) is 60.1 Å². The van der Waals surface area contributed by atoms with Crippen LogP contribution in [0.5, 0.6) is 17.2 Å². The summed E-state index contributed by atoms with van der Waals surface area (Å²) in [6.07, 6.45) is 4.82. The van der Waals surface area contributed by atoms with Gasteiger partial charge >= 0.3 is 11.9 Å². The maximum atomic E-state index is 13.5. The summed E-state index contributed by atoms with van der Waals surface area (Å²) in [5.41, 5.74) is 1.21. The summed E-state index contributed by atoms with van der Waals surface area (Å²) in [4.78, 5) is 20.8. The Morgan fingerprint density at radius 1 is 1.11 bits per heavy atom. The van der Waals surface area contributed by atoms with Crippen LogP contribution in [0.25, 0.3) is 0 Å². The van der Waals surface area contributed by atoms with E-state index in [1.807, 2.05) is 24.3 Å². The average molecular weight is 615 g/mol. The van der Waals surface area contributed by atoms with E-state index in [0.717, 1.165) is 46.9 Å². The first-order valence-electron chi connectivity index (χ1n) is 11.9. The lowest BCUT2D eigenvalue weighted by Gasteiger charge is -2.39. The van der Waals surface area contributed by atoms with Crippen LogP contribution in [0.15, 0.2) is 36.4 Å². The van der Waals surface area contributed by atoms with E-state index in [0.29, 0.717) is 18.4 Å². The fourth-order valence-corrected chi connectivity index (χ4v) is 5.01. The van der Waals surface area contributed by atoms with Crippen molar-refractivity contribution in [1.82, 2.24) is 4.90 Å². The minimum absolute atomic E-state index is 0.182. The lowest BCUT2D eigenvalue weighted by Crippen LogP contribution is -2.42. The Morgan fingerprint density at radius 2 is 1.78 bits per heavy atom. The summed E-state index contributed by atoms with van der Waals surface area (Å²) in [6, 6.07) is 10.9. The molecule has 0 amide bonds. The summed E-state index contributed by atoms with van der Waals surface area (Å²) >= 11 is 2.28. The molecule has 0 radical (unpaired) electrons. The van der Waals surface area contributed by atoms with E-state index in [1.54, 1.807) is 12.1 Å². The molecule has 0 saturated carbocycles. The Bertz CT molecular complexity index is 1020. The first-order chi connectivity index (χ1) is 17.3. The molecule has 2 aliphatic rings. The van der Waals surface area contributed by atoms with Gasteiger partial charge in [0.2, 0.25) is 6.79 Å². The second-order valence-corrected chi connectivity index (χ2v) is 9.93. The Morgan fingerprint density at radius 3 is 2.42 bits per heavy atom. The van der Waals surface area contributed by atoms with E-state index in [9.17, 15) is 4.39 Å². The van der Waals surface area contributed by atoms with Crippen molar-refractivity contribution in [1.29, 1.82) is 0 Å². The summed E-state index contributed by atoms with van der Waals surface area (Å²) in [5.74, 6) is -0.753. The van der Waals surface area contributed by atoms with Crippen molar-refractivity contribution in [3.63, 3.8) is 0 Å². The minimum Gasteiger partial charge on any atom is -0.492 e. The van der Waals surface area contributed by atoms with Gasteiger partial charge in [-0.1, -0.05) is 31.9 Å². The topological polar surface area (TPSA) is 106 Å². The number of ether oxygens (including phenoxy) is 3. The number of benzene rings is 2. The fourth-order valence-electron chi connectivity index (χ4n) is 4.42. The molecule has 2 aliphatic heterocycles. The van der Waals surface area contributed by atoms with Crippen LogP contribution in [0.2, 0.25) is 0 Å². The molecule has 0 bridgehead atoms. The largest absolute Gasteiger partial charge is 0.492 e. The van der Waals surface area contributed by atoms with Crippen LogP contribution in [0, 0.1) is 15.3 Å². The number of fused-ring (bicyclic) bond motifs is 1. The molecule has 196 valence electrons. The number of carboxylic acids is 2. The number of likely N-dealkylation sites (tertiary alicyclic amines) is 1. The van der Waals surface area contributed by atoms with Crippen LogP contribution in [0.4, 0.5) is 4.39 Å². The number of hydrogen-bond donors (Lipinski definition) is 2. The van der Waals surface area contributed by atoms with Crippen LogP contribution in [-0.2, 0) is 9.59 Å². The van der Waals surface area contributed by atoms with Gasteiger partial charge in [0.25, 0.3) is 0 Å². The number of nitrogens with zero attached hydrogens (tertiary/aromatic N) is 1. The Hall–Kier alpha value is -2.60. The third-order valence-electron chi connectivity index (χ3n) is 6.26. The van der Waals surface area contributed by atoms with E-state index >= 15 is 0 Å². The van der Waals surface area contributed by atoms with Gasteiger partial charge in [-0.15, -0.1) is 0 Å². The van der Waals surface area contributed by atoms with Crippen molar-refractivity contribution in [2.24, 2.45) is 5.92 Å². The maximum Gasteiger partial charge on any atom is 0.414 e. The predicted molar refractivity (Wildman–Crippen MR) is 139 cm³/mol.